The van der Waals surface area contributed by atoms with Crippen molar-refractivity contribution in [1.82, 2.24) is 15.1 Å². The summed E-state index contributed by atoms with van der Waals surface area (Å²) in [4.78, 5) is 35.4. The molecule has 0 radical (unpaired) electrons. The SMILES string of the molecule is CS(=O)N[C@H]1CCCC[C@@H]1N1C(=O)c2ccccc2[C@@H](C(=O)NOCc2ccc(F)c[n+]2[O-])[C@@H]1c1ccc(Cl)cc1Cl. The van der Waals surface area contributed by atoms with E-state index >= 15 is 0 Å². The molecule has 9 nitrogen and oxygen atoms in total. The van der Waals surface area contributed by atoms with E-state index in [1.165, 1.54) is 6.07 Å². The molecule has 42 heavy (non-hydrogen) atoms. The maximum atomic E-state index is 14.3. The number of rotatable bonds is 8. The summed E-state index contributed by atoms with van der Waals surface area (Å²) in [5, 5.41) is 12.7. The van der Waals surface area contributed by atoms with Crippen LogP contribution in [0.1, 0.15) is 64.8 Å². The van der Waals surface area contributed by atoms with Gasteiger partial charge in [0.2, 0.25) is 11.9 Å². The Morgan fingerprint density at radius 2 is 1.90 bits per heavy atom. The van der Waals surface area contributed by atoms with Gasteiger partial charge >= 0.3 is 0 Å². The van der Waals surface area contributed by atoms with Crippen molar-refractivity contribution in [2.45, 2.75) is 56.3 Å². The van der Waals surface area contributed by atoms with Gasteiger partial charge in [-0.2, -0.15) is 4.73 Å². The van der Waals surface area contributed by atoms with Crippen LogP contribution in [0.4, 0.5) is 4.39 Å². The zero-order valence-corrected chi connectivity index (χ0v) is 24.9. The van der Waals surface area contributed by atoms with E-state index in [0.717, 1.165) is 25.1 Å². The third kappa shape index (κ3) is 6.30. The van der Waals surface area contributed by atoms with Crippen molar-refractivity contribution in [3.63, 3.8) is 0 Å². The average Bonchev–Trinajstić information content (AvgIpc) is 2.94. The maximum absolute atomic E-state index is 14.3. The Morgan fingerprint density at radius 3 is 2.64 bits per heavy atom. The maximum Gasteiger partial charge on any atom is 0.255 e. The van der Waals surface area contributed by atoms with Crippen molar-refractivity contribution in [3.05, 3.63) is 104 Å². The van der Waals surface area contributed by atoms with E-state index in [9.17, 15) is 23.4 Å². The van der Waals surface area contributed by atoms with E-state index in [0.29, 0.717) is 39.3 Å². The summed E-state index contributed by atoms with van der Waals surface area (Å²) in [6.45, 7) is -0.324. The number of carbonyl (C=O) groups is 2. The van der Waals surface area contributed by atoms with Crippen LogP contribution in [0.5, 0.6) is 0 Å². The highest BCUT2D eigenvalue weighted by Gasteiger charge is 2.49. The topological polar surface area (TPSA) is 115 Å². The van der Waals surface area contributed by atoms with Crippen molar-refractivity contribution >= 4 is 46.0 Å². The van der Waals surface area contributed by atoms with Gasteiger partial charge in [-0.25, -0.2) is 18.8 Å². The molecule has 1 saturated carbocycles. The van der Waals surface area contributed by atoms with E-state index < -0.39 is 40.7 Å². The van der Waals surface area contributed by atoms with Gasteiger partial charge in [0.1, 0.15) is 0 Å². The first kappa shape index (κ1) is 30.4. The minimum Gasteiger partial charge on any atom is -0.618 e. The molecule has 2 amide bonds. The number of amides is 2. The van der Waals surface area contributed by atoms with Crippen LogP contribution in [0.2, 0.25) is 10.0 Å². The lowest BCUT2D eigenvalue weighted by atomic mass is 9.76. The first-order chi connectivity index (χ1) is 20.2. The summed E-state index contributed by atoms with van der Waals surface area (Å²) in [6, 6.07) is 12.6. The fraction of sp³-hybridized carbons (Fsp3) is 0.345. The van der Waals surface area contributed by atoms with E-state index in [4.69, 9.17) is 28.0 Å². The normalized spacial score (nSPS) is 22.9. The number of hydroxylamine groups is 1. The molecular weight excluding hydrogens is 606 g/mol. The highest BCUT2D eigenvalue weighted by Crippen LogP contribution is 2.47. The van der Waals surface area contributed by atoms with Crippen molar-refractivity contribution in [3.8, 4) is 0 Å². The largest absolute Gasteiger partial charge is 0.618 e. The molecule has 0 bridgehead atoms. The second-order valence-electron chi connectivity index (χ2n) is 10.3. The number of nitrogens with one attached hydrogen (secondary N) is 2. The van der Waals surface area contributed by atoms with Crippen LogP contribution >= 0.6 is 23.2 Å². The van der Waals surface area contributed by atoms with E-state index in [-0.39, 0.29) is 29.3 Å². The second-order valence-corrected chi connectivity index (χ2v) is 12.3. The smallest absolute Gasteiger partial charge is 0.255 e. The fourth-order valence-electron chi connectivity index (χ4n) is 5.91. The standard InChI is InChI=1S/C29H29Cl2FN4O5S/c1-42(40)34-24-8-4-5-9-25(24)36-27(22-13-10-17(30)14-23(22)31)26(20-6-2-3-7-21(20)29(36)38)28(37)33-41-16-19-12-11-18(32)15-35(19)39/h2-3,6-7,10-15,24-27,34H,4-5,8-9,16H2,1H3,(H,33,37)/t24-,25-,26+,27-,42?/m0/s1. The van der Waals surface area contributed by atoms with E-state index in [2.05, 4.69) is 10.2 Å². The number of hydrogen-bond acceptors (Lipinski definition) is 5. The van der Waals surface area contributed by atoms with Gasteiger partial charge in [0.15, 0.2) is 12.4 Å². The van der Waals surface area contributed by atoms with Gasteiger partial charge in [0.05, 0.1) is 22.9 Å². The number of fused-ring (bicyclic) bond motifs is 1. The lowest BCUT2D eigenvalue weighted by Gasteiger charge is -2.49. The number of pyridine rings is 1. The minimum atomic E-state index is -1.33. The first-order valence-corrected chi connectivity index (χ1v) is 15.7. The third-order valence-electron chi connectivity index (χ3n) is 7.70. The molecule has 1 aliphatic carbocycles. The van der Waals surface area contributed by atoms with E-state index in [1.54, 1.807) is 53.6 Å². The molecule has 2 aromatic carbocycles. The molecule has 1 aromatic heterocycles. The Labute approximate surface area is 255 Å². The Hall–Kier alpha value is -3.09. The zero-order valence-electron chi connectivity index (χ0n) is 22.6. The summed E-state index contributed by atoms with van der Waals surface area (Å²) in [5.74, 6) is -2.52. The molecule has 1 unspecified atom stereocenters. The molecule has 3 aromatic rings. The Kier molecular flexibility index (Phi) is 9.44. The van der Waals surface area contributed by atoms with Crippen LogP contribution in [-0.2, 0) is 27.2 Å². The molecule has 1 fully saturated rings. The average molecular weight is 636 g/mol. The summed E-state index contributed by atoms with van der Waals surface area (Å²) in [7, 11) is -1.33. The van der Waals surface area contributed by atoms with Gasteiger partial charge < -0.3 is 10.1 Å². The van der Waals surface area contributed by atoms with Gasteiger partial charge in [-0.1, -0.05) is 60.3 Å². The highest BCUT2D eigenvalue weighted by molar-refractivity contribution is 7.82. The van der Waals surface area contributed by atoms with Crippen LogP contribution in [0.15, 0.2) is 60.8 Å². The number of halogens is 3. The lowest BCUT2D eigenvalue weighted by Crippen LogP contribution is -2.58. The summed E-state index contributed by atoms with van der Waals surface area (Å²) in [5.41, 5.74) is 3.88. The van der Waals surface area contributed by atoms with Gasteiger partial charge in [0.25, 0.3) is 11.8 Å². The Balaban J connectivity index is 1.57. The highest BCUT2D eigenvalue weighted by atomic mass is 35.5. The lowest BCUT2D eigenvalue weighted by molar-refractivity contribution is -0.618. The summed E-state index contributed by atoms with van der Waals surface area (Å²) < 4.78 is 29.0. The second kappa shape index (κ2) is 13.0. The Morgan fingerprint density at radius 1 is 1.14 bits per heavy atom. The Bertz CT molecular complexity index is 1530. The number of benzene rings is 2. The van der Waals surface area contributed by atoms with Gasteiger partial charge in [-0.05, 0) is 48.2 Å². The molecule has 5 rings (SSSR count). The van der Waals surface area contributed by atoms with Crippen LogP contribution < -0.4 is 14.9 Å². The molecule has 2 heterocycles. The van der Waals surface area contributed by atoms with Crippen molar-refractivity contribution < 1.29 is 27.8 Å². The molecule has 0 spiro atoms. The van der Waals surface area contributed by atoms with Crippen molar-refractivity contribution in [2.24, 2.45) is 0 Å². The number of nitrogens with zero attached hydrogens (tertiary/aromatic N) is 2. The van der Waals surface area contributed by atoms with Crippen LogP contribution in [-0.4, -0.2) is 39.3 Å². The monoisotopic (exact) mass is 634 g/mol. The third-order valence-corrected chi connectivity index (χ3v) is 8.89. The van der Waals surface area contributed by atoms with Crippen LogP contribution in [0.3, 0.4) is 0 Å². The van der Waals surface area contributed by atoms with Gasteiger partial charge in [-0.15, -0.1) is 0 Å². The molecule has 2 N–H and O–H groups in total. The van der Waals surface area contributed by atoms with Gasteiger partial charge in [0, 0.05) is 40.0 Å². The molecule has 222 valence electrons. The van der Waals surface area contributed by atoms with Crippen LogP contribution in [0, 0.1) is 11.0 Å². The first-order valence-electron chi connectivity index (χ1n) is 13.4. The number of carbonyl (C=O) groups excluding carboxylic acids is 2. The zero-order chi connectivity index (χ0) is 30.0. The number of hydrogen-bond donors (Lipinski definition) is 2. The quantitative estimate of drug-likeness (QED) is 0.215. The van der Waals surface area contributed by atoms with E-state index in [1.807, 2.05) is 0 Å². The summed E-state index contributed by atoms with van der Waals surface area (Å²) >= 11 is 12.9. The molecule has 2 aliphatic rings. The molecule has 0 saturated heterocycles. The fourth-order valence-corrected chi connectivity index (χ4v) is 7.13. The summed E-state index contributed by atoms with van der Waals surface area (Å²) in [6.07, 6.45) is 5.38. The minimum absolute atomic E-state index is 0.0820. The van der Waals surface area contributed by atoms with Crippen molar-refractivity contribution in [1.29, 1.82) is 0 Å². The molecule has 5 atom stereocenters. The number of aromatic nitrogens is 1. The molecule has 13 heteroatoms. The van der Waals surface area contributed by atoms with Crippen molar-refractivity contribution in [2.75, 3.05) is 6.26 Å². The predicted molar refractivity (Wildman–Crippen MR) is 156 cm³/mol. The predicted octanol–water partition coefficient (Wildman–Crippen LogP) is 4.49. The van der Waals surface area contributed by atoms with Gasteiger partial charge in [-0.3, -0.25) is 14.4 Å². The van der Waals surface area contributed by atoms with Crippen LogP contribution in [0.25, 0.3) is 0 Å². The molecular formula is C29H29Cl2FN4O5S. The molecule has 1 aliphatic heterocycles.